The van der Waals surface area contributed by atoms with Crippen molar-refractivity contribution in [2.75, 3.05) is 25.7 Å². The van der Waals surface area contributed by atoms with Crippen molar-refractivity contribution < 1.29 is 43.3 Å². The zero-order valence-electron chi connectivity index (χ0n) is 31.0. The molecule has 2 amide bonds. The van der Waals surface area contributed by atoms with Crippen molar-refractivity contribution >= 4 is 46.3 Å². The lowest BCUT2D eigenvalue weighted by Gasteiger charge is -2.27. The number of anilines is 1. The number of rotatable bonds is 15. The van der Waals surface area contributed by atoms with Crippen LogP contribution in [0.1, 0.15) is 69.9 Å². The molecule has 3 aromatic carbocycles. The number of Topliss-reactive ketones (excluding diaryl/α,β-unsaturated/α-hetero) is 1. The third-order valence-corrected chi connectivity index (χ3v) is 8.58. The van der Waals surface area contributed by atoms with Gasteiger partial charge in [0.05, 0.1) is 33.1 Å². The van der Waals surface area contributed by atoms with Crippen LogP contribution in [0.15, 0.2) is 79.0 Å². The number of carbonyl (C=O) groups is 5. The average molecular weight is 726 g/mol. The van der Waals surface area contributed by atoms with E-state index in [1.807, 2.05) is 61.5 Å². The molecule has 2 atom stereocenters. The van der Waals surface area contributed by atoms with Gasteiger partial charge in [-0.1, -0.05) is 54.6 Å². The summed E-state index contributed by atoms with van der Waals surface area (Å²) in [6, 6.07) is 20.7. The highest BCUT2D eigenvalue weighted by Gasteiger charge is 2.29. The van der Waals surface area contributed by atoms with Crippen LogP contribution in [0.2, 0.25) is 0 Å². The van der Waals surface area contributed by atoms with E-state index in [4.69, 9.17) is 14.2 Å². The Morgan fingerprint density at radius 3 is 2.15 bits per heavy atom. The number of carbonyl (C=O) groups excluding carboxylic acids is 5. The first-order valence-electron chi connectivity index (χ1n) is 17.4. The number of pyridine rings is 1. The van der Waals surface area contributed by atoms with Crippen molar-refractivity contribution in [1.82, 2.24) is 10.3 Å². The minimum Gasteiger partial charge on any atom is -0.507 e. The van der Waals surface area contributed by atoms with Gasteiger partial charge in [0.1, 0.15) is 17.2 Å². The predicted molar refractivity (Wildman–Crippen MR) is 200 cm³/mol. The van der Waals surface area contributed by atoms with Crippen LogP contribution in [0.5, 0.6) is 5.75 Å². The first-order chi connectivity index (χ1) is 25.2. The Bertz CT molecular complexity index is 1940. The summed E-state index contributed by atoms with van der Waals surface area (Å²) in [6.45, 7) is 7.23. The number of methoxy groups -OCH3 is 2. The molecule has 1 heterocycles. The van der Waals surface area contributed by atoms with Crippen LogP contribution >= 0.6 is 0 Å². The van der Waals surface area contributed by atoms with Crippen LogP contribution in [0, 0.1) is 6.92 Å². The number of phenolic OH excluding ortho intramolecular Hbond substituents is 1. The van der Waals surface area contributed by atoms with Gasteiger partial charge in [0.25, 0.3) is 0 Å². The number of hydrogen-bond acceptors (Lipinski definition) is 10. The fourth-order valence-electron chi connectivity index (χ4n) is 5.89. The summed E-state index contributed by atoms with van der Waals surface area (Å²) in [7, 11) is 2.45. The predicted octanol–water partition coefficient (Wildman–Crippen LogP) is 6.79. The number of benzene rings is 3. The first kappa shape index (κ1) is 40.0. The monoisotopic (exact) mass is 725 g/mol. The van der Waals surface area contributed by atoms with Gasteiger partial charge in [0.15, 0.2) is 5.78 Å². The van der Waals surface area contributed by atoms with Gasteiger partial charge >= 0.3 is 18.0 Å². The third-order valence-electron chi connectivity index (χ3n) is 8.58. The molecule has 0 aliphatic rings. The second-order valence-electron chi connectivity index (χ2n) is 13.8. The van der Waals surface area contributed by atoms with Gasteiger partial charge in [0, 0.05) is 36.9 Å². The molecule has 0 aliphatic carbocycles. The van der Waals surface area contributed by atoms with Crippen LogP contribution in [-0.4, -0.2) is 72.2 Å². The number of fused-ring (bicyclic) bond motifs is 1. The standard InChI is InChI=1S/C41H47N3O9/c1-26-19-20-42-36(22-26)44(40(50)53-41(2,3)4)21-9-12-37(47)43-33(25-39(49)52-6)35(46)23-29(24-38(48)51-5)27-13-15-28(16-14-27)30-17-18-34(45)32-11-8-7-10-31(30)32/h7-8,10-11,13-20,22,29,33,45H,9,12,21,23-25H2,1-6H3,(H,43,47)/t29-,33-/m0/s1. The van der Waals surface area contributed by atoms with Gasteiger partial charge in [0.2, 0.25) is 5.91 Å². The van der Waals surface area contributed by atoms with Crippen LogP contribution in [-0.2, 0) is 33.4 Å². The molecule has 4 aromatic rings. The van der Waals surface area contributed by atoms with E-state index in [-0.39, 0.29) is 38.0 Å². The highest BCUT2D eigenvalue weighted by atomic mass is 16.6. The van der Waals surface area contributed by atoms with Crippen molar-refractivity contribution in [2.45, 2.75) is 77.4 Å². The van der Waals surface area contributed by atoms with Crippen molar-refractivity contribution in [1.29, 1.82) is 0 Å². The fourth-order valence-corrected chi connectivity index (χ4v) is 5.89. The zero-order valence-corrected chi connectivity index (χ0v) is 31.0. The van der Waals surface area contributed by atoms with Crippen LogP contribution in [0.4, 0.5) is 10.6 Å². The molecule has 12 nitrogen and oxygen atoms in total. The number of phenols is 1. The Morgan fingerprint density at radius 2 is 1.51 bits per heavy atom. The van der Waals surface area contributed by atoms with E-state index in [0.29, 0.717) is 16.8 Å². The van der Waals surface area contributed by atoms with Gasteiger partial charge in [-0.05, 0) is 80.0 Å². The molecule has 4 rings (SSSR count). The second-order valence-corrected chi connectivity index (χ2v) is 13.8. The SMILES string of the molecule is COC(=O)C[C@H](CC(=O)[C@H](CC(=O)OC)NC(=O)CCCN(C(=O)OC(C)(C)C)c1cc(C)ccn1)c1ccc(-c2ccc(O)c3ccccc23)cc1. The Balaban J connectivity index is 1.49. The fraction of sp³-hybridized carbons (Fsp3) is 0.366. The van der Waals surface area contributed by atoms with Crippen molar-refractivity contribution in [2.24, 2.45) is 0 Å². The van der Waals surface area contributed by atoms with E-state index < -0.39 is 53.7 Å². The quantitative estimate of drug-likeness (QED) is 0.0986. The maximum absolute atomic E-state index is 13.8. The van der Waals surface area contributed by atoms with E-state index in [2.05, 4.69) is 10.3 Å². The highest BCUT2D eigenvalue weighted by Crippen LogP contribution is 2.35. The number of amides is 2. The molecule has 53 heavy (non-hydrogen) atoms. The Kier molecular flexibility index (Phi) is 13.7. The molecule has 1 aromatic heterocycles. The summed E-state index contributed by atoms with van der Waals surface area (Å²) in [4.78, 5) is 70.6. The summed E-state index contributed by atoms with van der Waals surface area (Å²) in [5.41, 5.74) is 2.58. The number of nitrogens with one attached hydrogen (secondary N) is 1. The largest absolute Gasteiger partial charge is 0.507 e. The topological polar surface area (TPSA) is 161 Å². The molecule has 2 N–H and O–H groups in total. The molecule has 0 fully saturated rings. The number of hydrogen-bond donors (Lipinski definition) is 2. The van der Waals surface area contributed by atoms with Gasteiger partial charge in [-0.25, -0.2) is 9.78 Å². The lowest BCUT2D eigenvalue weighted by molar-refractivity contribution is -0.144. The Morgan fingerprint density at radius 1 is 0.849 bits per heavy atom. The molecule has 0 spiro atoms. The van der Waals surface area contributed by atoms with Crippen LogP contribution in [0.3, 0.4) is 0 Å². The van der Waals surface area contributed by atoms with Crippen molar-refractivity contribution in [3.05, 3.63) is 90.1 Å². The second kappa shape index (κ2) is 18.1. The molecule has 0 bridgehead atoms. The summed E-state index contributed by atoms with van der Waals surface area (Å²) < 4.78 is 15.3. The number of ketones is 1. The maximum atomic E-state index is 13.8. The van der Waals surface area contributed by atoms with E-state index >= 15 is 0 Å². The van der Waals surface area contributed by atoms with E-state index in [1.54, 1.807) is 45.2 Å². The number of ether oxygens (including phenoxy) is 3. The number of aromatic hydroxyl groups is 1. The summed E-state index contributed by atoms with van der Waals surface area (Å²) >= 11 is 0. The van der Waals surface area contributed by atoms with Crippen molar-refractivity contribution in [3.8, 4) is 16.9 Å². The maximum Gasteiger partial charge on any atom is 0.416 e. The molecule has 0 saturated heterocycles. The molecule has 0 radical (unpaired) electrons. The normalized spacial score (nSPS) is 12.3. The van der Waals surface area contributed by atoms with E-state index in [9.17, 15) is 29.1 Å². The number of aryl methyl sites for hydroxylation is 1. The molecular formula is C41H47N3O9. The molecule has 280 valence electrons. The average Bonchev–Trinajstić information content (AvgIpc) is 3.12. The summed E-state index contributed by atoms with van der Waals surface area (Å²) in [6.07, 6.45) is 0.395. The summed E-state index contributed by atoms with van der Waals surface area (Å²) in [5.74, 6) is -2.27. The van der Waals surface area contributed by atoms with Crippen LogP contribution < -0.4 is 10.2 Å². The summed E-state index contributed by atoms with van der Waals surface area (Å²) in [5, 5.41) is 14.6. The van der Waals surface area contributed by atoms with E-state index in [1.165, 1.54) is 19.1 Å². The van der Waals surface area contributed by atoms with Gasteiger partial charge in [-0.15, -0.1) is 0 Å². The minimum absolute atomic E-state index is 0.0743. The van der Waals surface area contributed by atoms with Gasteiger partial charge in [-0.2, -0.15) is 0 Å². The third kappa shape index (κ3) is 11.4. The lowest BCUT2D eigenvalue weighted by Crippen LogP contribution is -2.43. The van der Waals surface area contributed by atoms with E-state index in [0.717, 1.165) is 22.1 Å². The number of nitrogens with zero attached hydrogens (tertiary/aromatic N) is 2. The minimum atomic E-state index is -1.22. The highest BCUT2D eigenvalue weighted by molar-refractivity contribution is 6.00. The lowest BCUT2D eigenvalue weighted by atomic mass is 9.87. The molecule has 0 aliphatic heterocycles. The first-order valence-corrected chi connectivity index (χ1v) is 17.4. The molecule has 12 heteroatoms. The Labute approximate surface area is 309 Å². The smallest absolute Gasteiger partial charge is 0.416 e. The number of aromatic nitrogens is 1. The van der Waals surface area contributed by atoms with Gasteiger partial charge < -0.3 is 24.6 Å². The Hall–Kier alpha value is -5.78. The molecule has 0 unspecified atom stereocenters. The molecular weight excluding hydrogens is 678 g/mol. The number of esters is 2. The zero-order chi connectivity index (χ0) is 38.7. The van der Waals surface area contributed by atoms with Gasteiger partial charge in [-0.3, -0.25) is 24.1 Å². The van der Waals surface area contributed by atoms with Crippen LogP contribution in [0.25, 0.3) is 21.9 Å². The molecule has 0 saturated carbocycles. The van der Waals surface area contributed by atoms with Crippen molar-refractivity contribution in [3.63, 3.8) is 0 Å².